The number of thiazole rings is 1. The van der Waals surface area contributed by atoms with Crippen molar-refractivity contribution in [3.8, 4) is 0 Å². The lowest BCUT2D eigenvalue weighted by Crippen LogP contribution is -2.47. The second-order valence-electron chi connectivity index (χ2n) is 8.98. The molecule has 196 valence electrons. The Bertz CT molecular complexity index is 1390. The van der Waals surface area contributed by atoms with E-state index in [0.29, 0.717) is 38.4 Å². The van der Waals surface area contributed by atoms with Crippen LogP contribution in [0.2, 0.25) is 5.02 Å². The molecule has 1 aliphatic heterocycles. The SMILES string of the molecule is Cc1nc(Nc2ncc(C(=O)Nc3c(C)cccc3Cl)s2)nc(N2CCN(CCc3ccncc3)CC2)n1. The summed E-state index contributed by atoms with van der Waals surface area (Å²) in [6, 6.07) is 9.61. The summed E-state index contributed by atoms with van der Waals surface area (Å²) in [6.45, 7) is 8.29. The van der Waals surface area contributed by atoms with Gasteiger partial charge in [0.25, 0.3) is 5.91 Å². The van der Waals surface area contributed by atoms with Crippen molar-refractivity contribution in [1.82, 2.24) is 29.8 Å². The molecule has 1 amide bonds. The van der Waals surface area contributed by atoms with Gasteiger partial charge < -0.3 is 10.2 Å². The van der Waals surface area contributed by atoms with Crippen molar-refractivity contribution in [1.29, 1.82) is 0 Å². The molecular weight excluding hydrogens is 522 g/mol. The molecule has 4 aromatic rings. The lowest BCUT2D eigenvalue weighted by atomic mass is 10.2. The number of benzene rings is 1. The Labute approximate surface area is 230 Å². The fraction of sp³-hybridized carbons (Fsp3) is 0.308. The van der Waals surface area contributed by atoms with E-state index < -0.39 is 0 Å². The molecule has 1 saturated heterocycles. The third kappa shape index (κ3) is 6.42. The number of carbonyl (C=O) groups is 1. The summed E-state index contributed by atoms with van der Waals surface area (Å²) in [7, 11) is 0. The molecule has 0 aliphatic carbocycles. The van der Waals surface area contributed by atoms with Gasteiger partial charge in [0, 0.05) is 45.1 Å². The summed E-state index contributed by atoms with van der Waals surface area (Å²) in [4.78, 5) is 39.9. The van der Waals surface area contributed by atoms with E-state index in [4.69, 9.17) is 11.6 Å². The van der Waals surface area contributed by atoms with Crippen LogP contribution >= 0.6 is 22.9 Å². The maximum Gasteiger partial charge on any atom is 0.267 e. The van der Waals surface area contributed by atoms with E-state index in [9.17, 15) is 4.79 Å². The van der Waals surface area contributed by atoms with Crippen molar-refractivity contribution in [3.05, 3.63) is 75.8 Å². The topological polar surface area (TPSA) is 112 Å². The zero-order valence-electron chi connectivity index (χ0n) is 21.2. The minimum absolute atomic E-state index is 0.277. The van der Waals surface area contributed by atoms with Gasteiger partial charge >= 0.3 is 0 Å². The molecule has 0 atom stereocenters. The van der Waals surface area contributed by atoms with E-state index in [1.54, 1.807) is 6.07 Å². The molecule has 12 heteroatoms. The number of anilines is 4. The van der Waals surface area contributed by atoms with Crippen LogP contribution in [0.1, 0.15) is 26.6 Å². The Morgan fingerprint density at radius 2 is 1.84 bits per heavy atom. The van der Waals surface area contributed by atoms with Crippen LogP contribution in [0.3, 0.4) is 0 Å². The van der Waals surface area contributed by atoms with Crippen molar-refractivity contribution < 1.29 is 4.79 Å². The molecule has 0 spiro atoms. The molecule has 2 N–H and O–H groups in total. The fourth-order valence-electron chi connectivity index (χ4n) is 4.17. The highest BCUT2D eigenvalue weighted by atomic mass is 35.5. The van der Waals surface area contributed by atoms with Gasteiger partial charge in [-0.05, 0) is 49.6 Å². The highest BCUT2D eigenvalue weighted by molar-refractivity contribution is 7.17. The first-order chi connectivity index (χ1) is 18.4. The van der Waals surface area contributed by atoms with E-state index >= 15 is 0 Å². The van der Waals surface area contributed by atoms with Gasteiger partial charge in [-0.3, -0.25) is 20.0 Å². The molecule has 4 heterocycles. The molecule has 10 nitrogen and oxygen atoms in total. The smallest absolute Gasteiger partial charge is 0.267 e. The van der Waals surface area contributed by atoms with Gasteiger partial charge in [0.1, 0.15) is 10.7 Å². The van der Waals surface area contributed by atoms with E-state index in [1.807, 2.05) is 38.4 Å². The van der Waals surface area contributed by atoms with Crippen LogP contribution in [0.25, 0.3) is 0 Å². The highest BCUT2D eigenvalue weighted by Crippen LogP contribution is 2.28. The number of hydrogen-bond donors (Lipinski definition) is 2. The maximum absolute atomic E-state index is 12.8. The lowest BCUT2D eigenvalue weighted by molar-refractivity contribution is 0.103. The number of aryl methyl sites for hydroxylation is 2. The van der Waals surface area contributed by atoms with Crippen LogP contribution in [0.5, 0.6) is 0 Å². The van der Waals surface area contributed by atoms with Crippen LogP contribution in [0, 0.1) is 13.8 Å². The average molecular weight is 550 g/mol. The standard InChI is InChI=1S/C26H28ClN9OS/c1-17-4-3-5-20(27)22(17)32-23(37)21-16-29-26(38-21)34-24-30-18(2)31-25(33-24)36-14-12-35(13-15-36)11-8-19-6-9-28-10-7-19/h3-7,9-10,16H,8,11-15H2,1-2H3,(H,32,37)(H,29,30,31,33,34). The first-order valence-electron chi connectivity index (χ1n) is 12.3. The molecule has 1 aromatic carbocycles. The highest BCUT2D eigenvalue weighted by Gasteiger charge is 2.21. The minimum atomic E-state index is -0.277. The van der Waals surface area contributed by atoms with Crippen LogP contribution in [-0.4, -0.2) is 68.5 Å². The number of pyridine rings is 1. The molecule has 0 unspecified atom stereocenters. The monoisotopic (exact) mass is 549 g/mol. The summed E-state index contributed by atoms with van der Waals surface area (Å²) in [5.74, 6) is 1.37. The molecule has 1 fully saturated rings. The number of aromatic nitrogens is 5. The van der Waals surface area contributed by atoms with Crippen molar-refractivity contribution in [2.75, 3.05) is 48.3 Å². The molecule has 5 rings (SSSR count). The lowest BCUT2D eigenvalue weighted by Gasteiger charge is -2.34. The molecule has 38 heavy (non-hydrogen) atoms. The van der Waals surface area contributed by atoms with Crippen molar-refractivity contribution in [3.63, 3.8) is 0 Å². The molecule has 3 aromatic heterocycles. The van der Waals surface area contributed by atoms with Gasteiger partial charge in [-0.25, -0.2) is 4.98 Å². The third-order valence-electron chi connectivity index (χ3n) is 6.27. The normalized spacial score (nSPS) is 13.9. The van der Waals surface area contributed by atoms with Crippen LogP contribution in [0.4, 0.5) is 22.7 Å². The Morgan fingerprint density at radius 1 is 1.05 bits per heavy atom. The van der Waals surface area contributed by atoms with Gasteiger partial charge in [-0.2, -0.15) is 15.0 Å². The second kappa shape index (κ2) is 11.8. The number of nitrogens with zero attached hydrogens (tertiary/aromatic N) is 7. The quantitative estimate of drug-likeness (QED) is 0.331. The van der Waals surface area contributed by atoms with E-state index in [-0.39, 0.29) is 5.91 Å². The Balaban J connectivity index is 1.19. The second-order valence-corrected chi connectivity index (χ2v) is 10.4. The maximum atomic E-state index is 12.8. The zero-order chi connectivity index (χ0) is 26.5. The molecule has 1 aliphatic rings. The number of halogens is 1. The van der Waals surface area contributed by atoms with Gasteiger partial charge in [0.2, 0.25) is 11.9 Å². The number of piperazine rings is 1. The number of hydrogen-bond acceptors (Lipinski definition) is 10. The number of para-hydroxylation sites is 1. The van der Waals surface area contributed by atoms with Crippen molar-refractivity contribution in [2.45, 2.75) is 20.3 Å². The summed E-state index contributed by atoms with van der Waals surface area (Å²) in [6.07, 6.45) is 6.21. The van der Waals surface area contributed by atoms with Crippen molar-refractivity contribution >= 4 is 51.6 Å². The predicted octanol–water partition coefficient (Wildman–Crippen LogP) is 4.35. The van der Waals surface area contributed by atoms with Gasteiger partial charge in [-0.1, -0.05) is 35.1 Å². The molecule has 0 saturated carbocycles. The first kappa shape index (κ1) is 26.0. The van der Waals surface area contributed by atoms with Crippen LogP contribution in [0.15, 0.2) is 48.9 Å². The van der Waals surface area contributed by atoms with Crippen molar-refractivity contribution in [2.24, 2.45) is 0 Å². The average Bonchev–Trinajstić information content (AvgIpc) is 3.39. The molecular formula is C26H28ClN9OS. The Morgan fingerprint density at radius 3 is 2.61 bits per heavy atom. The number of nitrogens with one attached hydrogen (secondary N) is 2. The van der Waals surface area contributed by atoms with Gasteiger partial charge in [0.05, 0.1) is 16.9 Å². The predicted molar refractivity (Wildman–Crippen MR) is 151 cm³/mol. The number of rotatable bonds is 8. The van der Waals surface area contributed by atoms with Gasteiger partial charge in [0.15, 0.2) is 5.13 Å². The fourth-order valence-corrected chi connectivity index (χ4v) is 5.15. The Hall–Kier alpha value is -3.67. The van der Waals surface area contributed by atoms with Crippen LogP contribution < -0.4 is 15.5 Å². The largest absolute Gasteiger partial charge is 0.338 e. The molecule has 0 radical (unpaired) electrons. The number of carbonyl (C=O) groups excluding carboxylic acids is 1. The first-order valence-corrected chi connectivity index (χ1v) is 13.5. The van der Waals surface area contributed by atoms with Crippen LogP contribution in [-0.2, 0) is 6.42 Å². The van der Waals surface area contributed by atoms with E-state index in [2.05, 4.69) is 57.5 Å². The summed E-state index contributed by atoms with van der Waals surface area (Å²) < 4.78 is 0. The molecule has 0 bridgehead atoms. The summed E-state index contributed by atoms with van der Waals surface area (Å²) >= 11 is 7.46. The minimum Gasteiger partial charge on any atom is -0.338 e. The Kier molecular flexibility index (Phi) is 8.06. The zero-order valence-corrected chi connectivity index (χ0v) is 22.8. The summed E-state index contributed by atoms with van der Waals surface area (Å²) in [5, 5.41) is 7.01. The van der Waals surface area contributed by atoms with Gasteiger partial charge in [-0.15, -0.1) is 0 Å². The third-order valence-corrected chi connectivity index (χ3v) is 7.49. The van der Waals surface area contributed by atoms with E-state index in [1.165, 1.54) is 23.1 Å². The number of amides is 1. The van der Waals surface area contributed by atoms with E-state index in [0.717, 1.165) is 44.7 Å². The summed E-state index contributed by atoms with van der Waals surface area (Å²) in [5.41, 5.74) is 2.78.